The first kappa shape index (κ1) is 21.9. The van der Waals surface area contributed by atoms with Crippen molar-refractivity contribution in [3.8, 4) is 0 Å². The highest BCUT2D eigenvalue weighted by molar-refractivity contribution is 9.10. The molecule has 0 radical (unpaired) electrons. The molecule has 0 unspecified atom stereocenters. The van der Waals surface area contributed by atoms with Crippen LogP contribution in [-0.2, 0) is 32.4 Å². The fourth-order valence-corrected chi connectivity index (χ4v) is 6.42. The van der Waals surface area contributed by atoms with Crippen LogP contribution in [-0.4, -0.2) is 42.8 Å². The minimum absolute atomic E-state index is 0.440. The molecule has 0 N–H and O–H groups in total. The van der Waals surface area contributed by atoms with Gasteiger partial charge in [0.2, 0.25) is 5.91 Å². The maximum atomic E-state index is 12.6. The van der Waals surface area contributed by atoms with Crippen LogP contribution in [0.5, 0.6) is 0 Å². The number of sulfone groups is 1. The summed E-state index contributed by atoms with van der Waals surface area (Å²) < 4.78 is 28.8. The van der Waals surface area contributed by atoms with Gasteiger partial charge in [0.15, 0.2) is 14.6 Å². The molecule has 0 atom stereocenters. The van der Waals surface area contributed by atoms with Crippen LogP contribution in [0.4, 0.5) is 5.69 Å². The van der Waals surface area contributed by atoms with E-state index in [9.17, 15) is 18.0 Å². The van der Waals surface area contributed by atoms with E-state index in [1.54, 1.807) is 6.07 Å². The second-order valence-corrected chi connectivity index (χ2v) is 11.2. The Balaban J connectivity index is 1.52. The van der Waals surface area contributed by atoms with Gasteiger partial charge in [-0.15, -0.1) is 0 Å². The number of nitrogens with zero attached hydrogens (tertiary/aromatic N) is 3. The summed E-state index contributed by atoms with van der Waals surface area (Å²) in [7, 11) is -3.94. The van der Waals surface area contributed by atoms with E-state index in [2.05, 4.69) is 20.9 Å². The van der Waals surface area contributed by atoms with Crippen LogP contribution in [0.15, 0.2) is 51.9 Å². The summed E-state index contributed by atoms with van der Waals surface area (Å²) in [5, 5.41) is 0. The molecule has 1 aromatic heterocycles. The van der Waals surface area contributed by atoms with Crippen molar-refractivity contribution in [1.29, 1.82) is 0 Å². The number of para-hydroxylation sites is 1. The fraction of sp³-hybridized carbons (Fsp3) is 0.286. The van der Waals surface area contributed by atoms with E-state index in [0.717, 1.165) is 25.9 Å². The number of benzene rings is 2. The zero-order chi connectivity index (χ0) is 22.2. The molecule has 0 bridgehead atoms. The van der Waals surface area contributed by atoms with Gasteiger partial charge in [-0.1, -0.05) is 45.5 Å². The van der Waals surface area contributed by atoms with E-state index in [-0.39, 0.29) is 0 Å². The van der Waals surface area contributed by atoms with E-state index in [1.807, 2.05) is 47.9 Å². The lowest BCUT2D eigenvalue weighted by Crippen LogP contribution is -2.36. The second kappa shape index (κ2) is 8.68. The Morgan fingerprint density at radius 3 is 2.71 bits per heavy atom. The Morgan fingerprint density at radius 2 is 1.94 bits per heavy atom. The first-order chi connectivity index (χ1) is 14.8. The second-order valence-electron chi connectivity index (χ2n) is 7.20. The molecule has 0 saturated carbocycles. The molecule has 3 aromatic rings. The largest absolute Gasteiger partial charge is 0.317 e. The molecule has 162 valence electrons. The number of carbonyl (C=O) groups is 2. The van der Waals surface area contributed by atoms with Gasteiger partial charge < -0.3 is 9.47 Å². The molecule has 2 amide bonds. The standard InChI is InChI=1S/C21H20BrN3O4S2/c1-2-24-17-8-7-15(22)11-18(17)30-21(24)23-19(26)12-31(28,29)13-20(27)25-10-9-14-5-3-4-6-16(14)25/h3-8,11H,2,9-10,12-13H2,1H3. The molecule has 7 nitrogen and oxygen atoms in total. The molecule has 0 saturated heterocycles. The highest BCUT2D eigenvalue weighted by Gasteiger charge is 2.29. The van der Waals surface area contributed by atoms with Gasteiger partial charge in [0.05, 0.1) is 10.2 Å². The van der Waals surface area contributed by atoms with Crippen LogP contribution in [0.3, 0.4) is 0 Å². The van der Waals surface area contributed by atoms with Crippen molar-refractivity contribution in [2.24, 2.45) is 4.99 Å². The molecule has 0 aliphatic carbocycles. The predicted molar refractivity (Wildman–Crippen MR) is 125 cm³/mol. The van der Waals surface area contributed by atoms with E-state index >= 15 is 0 Å². The number of rotatable bonds is 5. The normalized spacial score (nSPS) is 14.3. The van der Waals surface area contributed by atoms with Crippen LogP contribution in [0.25, 0.3) is 10.2 Å². The third-order valence-electron chi connectivity index (χ3n) is 5.06. The molecule has 2 aromatic carbocycles. The van der Waals surface area contributed by atoms with Crippen molar-refractivity contribution in [3.63, 3.8) is 0 Å². The van der Waals surface area contributed by atoms with Crippen molar-refractivity contribution in [2.75, 3.05) is 23.0 Å². The van der Waals surface area contributed by atoms with Gasteiger partial charge in [0.1, 0.15) is 11.5 Å². The maximum Gasteiger partial charge on any atom is 0.263 e. The molecular weight excluding hydrogens is 502 g/mol. The number of amides is 2. The third-order valence-corrected chi connectivity index (χ3v) is 7.96. The number of halogens is 1. The average Bonchev–Trinajstić information content (AvgIpc) is 3.27. The summed E-state index contributed by atoms with van der Waals surface area (Å²) >= 11 is 4.74. The first-order valence-corrected chi connectivity index (χ1v) is 13.2. The lowest BCUT2D eigenvalue weighted by Gasteiger charge is -2.17. The highest BCUT2D eigenvalue weighted by atomic mass is 79.9. The van der Waals surface area contributed by atoms with Gasteiger partial charge in [-0.3, -0.25) is 9.59 Å². The Bertz CT molecular complexity index is 1360. The van der Waals surface area contributed by atoms with Gasteiger partial charge in [0, 0.05) is 23.2 Å². The number of anilines is 1. The SMILES string of the molecule is CCn1c(=NC(=O)CS(=O)(=O)CC(=O)N2CCc3ccccc32)sc2cc(Br)ccc21. The van der Waals surface area contributed by atoms with Gasteiger partial charge in [0.25, 0.3) is 5.91 Å². The third kappa shape index (κ3) is 4.65. The minimum Gasteiger partial charge on any atom is -0.317 e. The number of aryl methyl sites for hydroxylation is 1. The van der Waals surface area contributed by atoms with E-state index in [0.29, 0.717) is 24.3 Å². The van der Waals surface area contributed by atoms with Gasteiger partial charge in [-0.25, -0.2) is 8.42 Å². The summed E-state index contributed by atoms with van der Waals surface area (Å²) in [5.74, 6) is -2.80. The smallest absolute Gasteiger partial charge is 0.263 e. The lowest BCUT2D eigenvalue weighted by molar-refractivity contribution is -0.116. The molecule has 4 rings (SSSR count). The van der Waals surface area contributed by atoms with Crippen molar-refractivity contribution in [2.45, 2.75) is 19.9 Å². The predicted octanol–water partition coefficient (Wildman–Crippen LogP) is 2.92. The minimum atomic E-state index is -3.94. The summed E-state index contributed by atoms with van der Waals surface area (Å²) in [4.78, 5) is 31.0. The summed E-state index contributed by atoms with van der Waals surface area (Å²) in [6, 6.07) is 13.2. The summed E-state index contributed by atoms with van der Waals surface area (Å²) in [5.41, 5.74) is 2.67. The Hall–Kier alpha value is -2.30. The lowest BCUT2D eigenvalue weighted by atomic mass is 10.2. The van der Waals surface area contributed by atoms with Crippen LogP contribution < -0.4 is 9.70 Å². The quantitative estimate of drug-likeness (QED) is 0.516. The average molecular weight is 522 g/mol. The molecule has 10 heteroatoms. The van der Waals surface area contributed by atoms with Gasteiger partial charge in [-0.2, -0.15) is 4.99 Å². The van der Waals surface area contributed by atoms with E-state index < -0.39 is 33.2 Å². The molecular formula is C21H20BrN3O4S2. The van der Waals surface area contributed by atoms with Gasteiger partial charge in [-0.05, 0) is 43.2 Å². The summed E-state index contributed by atoms with van der Waals surface area (Å²) in [6.07, 6.45) is 0.690. The maximum absolute atomic E-state index is 12.6. The van der Waals surface area contributed by atoms with Crippen LogP contribution in [0, 0.1) is 0 Å². The van der Waals surface area contributed by atoms with Crippen LogP contribution in [0.1, 0.15) is 12.5 Å². The van der Waals surface area contributed by atoms with E-state index in [4.69, 9.17) is 0 Å². The molecule has 0 fully saturated rings. The molecule has 0 spiro atoms. The van der Waals surface area contributed by atoms with Crippen molar-refractivity contribution < 1.29 is 18.0 Å². The van der Waals surface area contributed by atoms with Crippen LogP contribution in [0.2, 0.25) is 0 Å². The number of hydrogen-bond donors (Lipinski definition) is 0. The monoisotopic (exact) mass is 521 g/mol. The van der Waals surface area contributed by atoms with Crippen molar-refractivity contribution in [1.82, 2.24) is 4.57 Å². The number of hydrogen-bond acceptors (Lipinski definition) is 5. The van der Waals surface area contributed by atoms with Crippen molar-refractivity contribution in [3.05, 3.63) is 57.3 Å². The van der Waals surface area contributed by atoms with Crippen molar-refractivity contribution >= 4 is 64.8 Å². The molecule has 1 aliphatic rings. The Kier molecular flexibility index (Phi) is 6.14. The number of thiazole rings is 1. The van der Waals surface area contributed by atoms with Crippen LogP contribution >= 0.6 is 27.3 Å². The molecule has 1 aliphatic heterocycles. The van der Waals surface area contributed by atoms with E-state index in [1.165, 1.54) is 16.2 Å². The fourth-order valence-electron chi connectivity index (χ4n) is 3.68. The highest BCUT2D eigenvalue weighted by Crippen LogP contribution is 2.27. The Morgan fingerprint density at radius 1 is 1.16 bits per heavy atom. The topological polar surface area (TPSA) is 88.8 Å². The van der Waals surface area contributed by atoms with Gasteiger partial charge >= 0.3 is 0 Å². The molecule has 2 heterocycles. The zero-order valence-electron chi connectivity index (χ0n) is 16.7. The first-order valence-electron chi connectivity index (χ1n) is 9.72. The number of carbonyl (C=O) groups excluding carboxylic acids is 2. The summed E-state index contributed by atoms with van der Waals surface area (Å²) in [6.45, 7) is 2.97. The zero-order valence-corrected chi connectivity index (χ0v) is 20.0. The molecule has 31 heavy (non-hydrogen) atoms. The Labute approximate surface area is 192 Å². The number of fused-ring (bicyclic) bond motifs is 2. The number of aromatic nitrogens is 1.